The molecule has 2 bridgehead atoms. The smallest absolute Gasteiger partial charge is 0.308 e. The molecule has 178 valence electrons. The van der Waals surface area contributed by atoms with E-state index in [2.05, 4.69) is 6.58 Å². The number of unbranched alkanes of at least 4 members (excludes halogenated alkanes) is 1. The fourth-order valence-electron chi connectivity index (χ4n) is 5.94. The van der Waals surface area contributed by atoms with Gasteiger partial charge in [0, 0.05) is 35.2 Å². The highest BCUT2D eigenvalue weighted by Gasteiger charge is 2.77. The standard InChI is InChI=1S/C24H29ClN2O5S/c1-3-12-26(16-8-6-15(25)7-9-16)21(30)19-24-11-10-23(2,33-24)18(22(31)32)17(24)20(29)27(19)13-4-5-14-28/h3,6-9,17-19,28H,1,4-5,10-14H2,2H3,(H,31,32)/t17-,18+,19?,23-,24?/m0/s1. The Morgan fingerprint density at radius 3 is 2.61 bits per heavy atom. The lowest BCUT2D eigenvalue weighted by atomic mass is 9.66. The Kier molecular flexibility index (Phi) is 6.55. The van der Waals surface area contributed by atoms with Crippen LogP contribution in [0.1, 0.15) is 32.6 Å². The number of hydrogen-bond acceptors (Lipinski definition) is 5. The number of anilines is 1. The number of thioether (sulfide) groups is 1. The van der Waals surface area contributed by atoms with Gasteiger partial charge in [0.15, 0.2) is 0 Å². The molecule has 2 unspecified atom stereocenters. The third-order valence-corrected chi connectivity index (χ3v) is 9.54. The van der Waals surface area contributed by atoms with Crippen molar-refractivity contribution in [1.29, 1.82) is 0 Å². The van der Waals surface area contributed by atoms with Crippen molar-refractivity contribution in [2.24, 2.45) is 11.8 Å². The summed E-state index contributed by atoms with van der Waals surface area (Å²) < 4.78 is -1.36. The first-order chi connectivity index (χ1) is 15.7. The van der Waals surface area contributed by atoms with Gasteiger partial charge >= 0.3 is 5.97 Å². The molecule has 33 heavy (non-hydrogen) atoms. The van der Waals surface area contributed by atoms with Gasteiger partial charge in [0.1, 0.15) is 6.04 Å². The highest BCUT2D eigenvalue weighted by Crippen LogP contribution is 2.71. The molecule has 0 saturated carbocycles. The van der Waals surface area contributed by atoms with E-state index in [1.165, 1.54) is 11.8 Å². The van der Waals surface area contributed by atoms with Gasteiger partial charge < -0.3 is 20.0 Å². The highest BCUT2D eigenvalue weighted by molar-refractivity contribution is 8.02. The number of carboxylic acid groups (broad SMARTS) is 1. The van der Waals surface area contributed by atoms with Gasteiger partial charge in [-0.3, -0.25) is 14.4 Å². The van der Waals surface area contributed by atoms with Gasteiger partial charge in [-0.05, 0) is 56.9 Å². The van der Waals surface area contributed by atoms with Crippen molar-refractivity contribution in [3.8, 4) is 0 Å². The molecule has 0 radical (unpaired) electrons. The molecule has 1 aromatic rings. The predicted octanol–water partition coefficient (Wildman–Crippen LogP) is 3.20. The van der Waals surface area contributed by atoms with E-state index in [0.29, 0.717) is 42.9 Å². The number of hydrogen-bond donors (Lipinski definition) is 2. The van der Waals surface area contributed by atoms with Crippen molar-refractivity contribution in [2.45, 2.75) is 48.1 Å². The van der Waals surface area contributed by atoms with Crippen LogP contribution in [-0.2, 0) is 14.4 Å². The van der Waals surface area contributed by atoms with Gasteiger partial charge in [-0.25, -0.2) is 0 Å². The normalized spacial score (nSPS) is 32.2. The van der Waals surface area contributed by atoms with Crippen LogP contribution in [-0.4, -0.2) is 68.1 Å². The number of nitrogens with zero attached hydrogens (tertiary/aromatic N) is 2. The number of carboxylic acids is 1. The maximum absolute atomic E-state index is 14.2. The predicted molar refractivity (Wildman–Crippen MR) is 128 cm³/mol. The Morgan fingerprint density at radius 1 is 1.30 bits per heavy atom. The molecule has 0 aromatic heterocycles. The van der Waals surface area contributed by atoms with Crippen LogP contribution in [0.5, 0.6) is 0 Å². The summed E-state index contributed by atoms with van der Waals surface area (Å²) in [5, 5.41) is 19.8. The van der Waals surface area contributed by atoms with E-state index in [9.17, 15) is 24.6 Å². The first kappa shape index (κ1) is 24.1. The van der Waals surface area contributed by atoms with E-state index in [1.807, 2.05) is 6.92 Å². The summed E-state index contributed by atoms with van der Waals surface area (Å²) >= 11 is 7.56. The van der Waals surface area contributed by atoms with Crippen molar-refractivity contribution in [2.75, 3.05) is 24.6 Å². The molecule has 4 rings (SSSR count). The zero-order chi connectivity index (χ0) is 24.0. The van der Waals surface area contributed by atoms with Crippen LogP contribution in [0, 0.1) is 11.8 Å². The lowest BCUT2D eigenvalue weighted by Gasteiger charge is -2.37. The largest absolute Gasteiger partial charge is 0.481 e. The summed E-state index contributed by atoms with van der Waals surface area (Å²) in [5.41, 5.74) is 0.644. The van der Waals surface area contributed by atoms with E-state index in [-0.39, 0.29) is 25.0 Å². The minimum atomic E-state index is -0.978. The topological polar surface area (TPSA) is 98.2 Å². The molecule has 9 heteroatoms. The van der Waals surface area contributed by atoms with Gasteiger partial charge in [0.2, 0.25) is 5.91 Å². The summed E-state index contributed by atoms with van der Waals surface area (Å²) in [6.45, 7) is 6.26. The third-order valence-electron chi connectivity index (χ3n) is 7.30. The first-order valence-corrected chi connectivity index (χ1v) is 12.4. The van der Waals surface area contributed by atoms with Crippen molar-refractivity contribution >= 4 is 46.8 Å². The van der Waals surface area contributed by atoms with E-state index in [4.69, 9.17) is 11.6 Å². The molecular weight excluding hydrogens is 464 g/mol. The average Bonchev–Trinajstić information content (AvgIpc) is 3.34. The van der Waals surface area contributed by atoms with Crippen LogP contribution >= 0.6 is 23.4 Å². The molecule has 1 spiro atoms. The summed E-state index contributed by atoms with van der Waals surface area (Å²) in [5.74, 6) is -3.04. The Balaban J connectivity index is 1.77. The number of aliphatic hydroxyl groups excluding tert-OH is 1. The van der Waals surface area contributed by atoms with Gasteiger partial charge in [-0.15, -0.1) is 18.3 Å². The molecule has 5 atom stereocenters. The monoisotopic (exact) mass is 492 g/mol. The summed E-state index contributed by atoms with van der Waals surface area (Å²) in [4.78, 5) is 43.3. The van der Waals surface area contributed by atoms with Crippen LogP contribution in [0.15, 0.2) is 36.9 Å². The Bertz CT molecular complexity index is 972. The number of carbonyl (C=O) groups is 3. The van der Waals surface area contributed by atoms with E-state index >= 15 is 0 Å². The van der Waals surface area contributed by atoms with Crippen LogP contribution in [0.3, 0.4) is 0 Å². The van der Waals surface area contributed by atoms with E-state index < -0.39 is 33.3 Å². The molecule has 2 amide bonds. The lowest BCUT2D eigenvalue weighted by molar-refractivity contribution is -0.150. The molecule has 3 aliphatic heterocycles. The molecule has 1 aromatic carbocycles. The molecule has 3 aliphatic rings. The lowest BCUT2D eigenvalue weighted by Crippen LogP contribution is -2.55. The summed E-state index contributed by atoms with van der Waals surface area (Å²) in [6.07, 6.45) is 3.94. The molecule has 3 fully saturated rings. The van der Waals surface area contributed by atoms with Gasteiger partial charge in [-0.1, -0.05) is 17.7 Å². The van der Waals surface area contributed by atoms with Crippen molar-refractivity contribution in [3.05, 3.63) is 41.9 Å². The van der Waals surface area contributed by atoms with Crippen LogP contribution in [0.2, 0.25) is 5.02 Å². The fraction of sp³-hybridized carbons (Fsp3) is 0.542. The van der Waals surface area contributed by atoms with Gasteiger partial charge in [-0.2, -0.15) is 0 Å². The van der Waals surface area contributed by atoms with Gasteiger partial charge in [0.25, 0.3) is 5.91 Å². The van der Waals surface area contributed by atoms with Crippen LogP contribution in [0.4, 0.5) is 5.69 Å². The number of aliphatic carboxylic acids is 1. The molecule has 0 aliphatic carbocycles. The SMILES string of the molecule is C=CCN(C(=O)C1N(CCCCO)C(=O)[C@@H]2[C@H](C(=O)O)[C@]3(C)CCC12S3)c1ccc(Cl)cc1. The quantitative estimate of drug-likeness (QED) is 0.406. The van der Waals surface area contributed by atoms with E-state index in [1.54, 1.807) is 40.1 Å². The van der Waals surface area contributed by atoms with Crippen molar-refractivity contribution in [1.82, 2.24) is 4.90 Å². The second kappa shape index (κ2) is 8.96. The maximum Gasteiger partial charge on any atom is 0.308 e. The van der Waals surface area contributed by atoms with Crippen LogP contribution < -0.4 is 4.90 Å². The molecule has 2 N–H and O–H groups in total. The zero-order valence-corrected chi connectivity index (χ0v) is 20.1. The number of fused-ring (bicyclic) bond motifs is 1. The Morgan fingerprint density at radius 2 is 2.00 bits per heavy atom. The van der Waals surface area contributed by atoms with Gasteiger partial charge in [0.05, 0.1) is 16.6 Å². The zero-order valence-electron chi connectivity index (χ0n) is 18.6. The molecular formula is C24H29ClN2O5S. The number of rotatable bonds is 9. The number of amides is 2. The second-order valence-corrected chi connectivity index (χ2v) is 11.6. The number of aliphatic hydroxyl groups is 1. The number of benzene rings is 1. The summed E-state index contributed by atoms with van der Waals surface area (Å²) in [6, 6.07) is 6.15. The Labute approximate surface area is 202 Å². The number of carbonyl (C=O) groups excluding carboxylic acids is 2. The van der Waals surface area contributed by atoms with E-state index in [0.717, 1.165) is 0 Å². The van der Waals surface area contributed by atoms with Crippen molar-refractivity contribution in [3.63, 3.8) is 0 Å². The number of halogens is 1. The highest BCUT2D eigenvalue weighted by atomic mass is 35.5. The fourth-order valence-corrected chi connectivity index (χ4v) is 8.41. The summed E-state index contributed by atoms with van der Waals surface area (Å²) in [7, 11) is 0. The average molecular weight is 493 g/mol. The second-order valence-electron chi connectivity index (χ2n) is 9.24. The molecule has 3 heterocycles. The minimum absolute atomic E-state index is 0.00679. The first-order valence-electron chi connectivity index (χ1n) is 11.2. The third kappa shape index (κ3) is 3.76. The Hall–Kier alpha value is -2.03. The van der Waals surface area contributed by atoms with Crippen LogP contribution in [0.25, 0.3) is 0 Å². The van der Waals surface area contributed by atoms with Crippen molar-refractivity contribution < 1.29 is 24.6 Å². The number of likely N-dealkylation sites (tertiary alicyclic amines) is 1. The maximum atomic E-state index is 14.2. The molecule has 7 nitrogen and oxygen atoms in total. The molecule has 3 saturated heterocycles. The minimum Gasteiger partial charge on any atom is -0.481 e.